The fraction of sp³-hybridized carbons (Fsp3) is 0.240. The molecule has 0 aliphatic rings. The number of aryl methyl sites for hydroxylation is 1. The Morgan fingerprint density at radius 3 is 2.31 bits per heavy atom. The zero-order valence-corrected chi connectivity index (χ0v) is 16.9. The molecule has 29 heavy (non-hydrogen) atoms. The highest BCUT2D eigenvalue weighted by Gasteiger charge is 2.08. The minimum Gasteiger partial charge on any atom is -0.462 e. The molecule has 150 valence electrons. The lowest BCUT2D eigenvalue weighted by Gasteiger charge is -2.14. The molecule has 0 amide bonds. The molecule has 3 aromatic rings. The average Bonchev–Trinajstić information content (AvgIpc) is 2.70. The first-order valence-electron chi connectivity index (χ1n) is 9.63. The van der Waals surface area contributed by atoms with Gasteiger partial charge in [-0.05, 0) is 71.5 Å². The Morgan fingerprint density at radius 1 is 1.00 bits per heavy atom. The number of carbonyl (C=O) groups is 1. The largest absolute Gasteiger partial charge is 0.462 e. The van der Waals surface area contributed by atoms with Gasteiger partial charge in [0.05, 0.1) is 6.61 Å². The number of carbonyl (C=O) groups excluding carboxylic acids is 1. The Morgan fingerprint density at radius 2 is 1.66 bits per heavy atom. The van der Waals surface area contributed by atoms with Gasteiger partial charge >= 0.3 is 5.97 Å². The molecular weight excluding hydrogens is 364 g/mol. The van der Waals surface area contributed by atoms with Crippen LogP contribution in [0.2, 0.25) is 0 Å². The summed E-state index contributed by atoms with van der Waals surface area (Å²) >= 11 is 0. The van der Waals surface area contributed by atoms with Crippen LogP contribution >= 0.6 is 0 Å². The molecule has 1 N–H and O–H groups in total. The topological polar surface area (TPSA) is 55.8 Å². The van der Waals surface area contributed by atoms with E-state index in [0.717, 1.165) is 34.4 Å². The number of aliphatic hydroxyl groups excluding tert-OH is 1. The van der Waals surface area contributed by atoms with E-state index in [-0.39, 0.29) is 5.97 Å². The molecule has 3 rings (SSSR count). The molecular formula is C25H26O4. The number of benzene rings is 3. The summed E-state index contributed by atoms with van der Waals surface area (Å²) in [4.78, 5) is 11.4. The molecule has 0 saturated heterocycles. The summed E-state index contributed by atoms with van der Waals surface area (Å²) in [6, 6.07) is 16.3. The van der Waals surface area contributed by atoms with Gasteiger partial charge in [-0.15, -0.1) is 0 Å². The third-order valence-electron chi connectivity index (χ3n) is 4.73. The van der Waals surface area contributed by atoms with Crippen molar-refractivity contribution < 1.29 is 19.4 Å². The second kappa shape index (κ2) is 8.93. The van der Waals surface area contributed by atoms with Crippen molar-refractivity contribution in [1.82, 2.24) is 0 Å². The van der Waals surface area contributed by atoms with Gasteiger partial charge in [-0.25, -0.2) is 4.79 Å². The monoisotopic (exact) mass is 390 g/mol. The summed E-state index contributed by atoms with van der Waals surface area (Å²) in [6.07, 6.45) is 0.595. The summed E-state index contributed by atoms with van der Waals surface area (Å²) < 4.78 is 10.7. The Hall–Kier alpha value is -3.11. The lowest BCUT2D eigenvalue weighted by Crippen LogP contribution is -2.15. The number of ether oxygens (including phenoxy) is 2. The highest BCUT2D eigenvalue weighted by molar-refractivity contribution is 6.07. The van der Waals surface area contributed by atoms with Gasteiger partial charge in [0.15, 0.2) is 0 Å². The van der Waals surface area contributed by atoms with E-state index in [1.807, 2.05) is 18.2 Å². The molecule has 4 heteroatoms. The van der Waals surface area contributed by atoms with Crippen LogP contribution in [-0.2, 0) is 16.0 Å². The van der Waals surface area contributed by atoms with Crippen LogP contribution in [0.5, 0.6) is 5.75 Å². The van der Waals surface area contributed by atoms with Crippen molar-refractivity contribution >= 4 is 27.5 Å². The third kappa shape index (κ3) is 5.04. The maximum atomic E-state index is 11.4. The highest BCUT2D eigenvalue weighted by Crippen LogP contribution is 2.29. The van der Waals surface area contributed by atoms with Crippen molar-refractivity contribution in [2.45, 2.75) is 33.0 Å². The molecule has 0 aromatic heterocycles. The fourth-order valence-corrected chi connectivity index (χ4v) is 3.12. The first kappa shape index (κ1) is 20.6. The summed E-state index contributed by atoms with van der Waals surface area (Å²) in [5.41, 5.74) is 2.18. The number of aliphatic hydroxyl groups is 1. The smallest absolute Gasteiger partial charge is 0.333 e. The normalized spacial score (nSPS) is 12.0. The van der Waals surface area contributed by atoms with Crippen LogP contribution in [0.15, 0.2) is 72.8 Å². The van der Waals surface area contributed by atoms with E-state index in [9.17, 15) is 9.90 Å². The molecule has 0 radical (unpaired) electrons. The van der Waals surface area contributed by atoms with Gasteiger partial charge in [0.25, 0.3) is 0 Å². The number of hydrogen-bond donors (Lipinski definition) is 1. The number of fused-ring (bicyclic) bond motifs is 3. The SMILES string of the molecule is C=C(C)C(=O)OCCCc1ccc2c(ccc3cc(OC(O)C(=C)C)ccc32)c1. The van der Waals surface area contributed by atoms with Crippen LogP contribution in [0.25, 0.3) is 21.5 Å². The van der Waals surface area contributed by atoms with Crippen molar-refractivity contribution in [3.05, 3.63) is 78.4 Å². The molecule has 0 fully saturated rings. The maximum Gasteiger partial charge on any atom is 0.333 e. The molecule has 3 aromatic carbocycles. The quantitative estimate of drug-likeness (QED) is 0.141. The standard InChI is InChI=1S/C25H26O4/c1-16(2)24(26)28-13-5-6-18-7-11-22-19(14-18)8-9-20-15-21(10-12-23(20)22)29-25(27)17(3)4/h7-12,14-15,25,27H,1,3,5-6,13H2,2,4H3. The molecule has 0 bridgehead atoms. The minimum atomic E-state index is -1.01. The number of esters is 1. The van der Waals surface area contributed by atoms with E-state index in [2.05, 4.69) is 43.5 Å². The van der Waals surface area contributed by atoms with Gasteiger partial charge in [0.1, 0.15) is 5.75 Å². The van der Waals surface area contributed by atoms with Crippen LogP contribution in [0.3, 0.4) is 0 Å². The first-order chi connectivity index (χ1) is 13.8. The van der Waals surface area contributed by atoms with Crippen LogP contribution in [0.4, 0.5) is 0 Å². The second-order valence-electron chi connectivity index (χ2n) is 7.34. The Kier molecular flexibility index (Phi) is 6.35. The molecule has 0 heterocycles. The average molecular weight is 390 g/mol. The first-order valence-corrected chi connectivity index (χ1v) is 9.63. The van der Waals surface area contributed by atoms with Crippen LogP contribution in [0, 0.1) is 0 Å². The van der Waals surface area contributed by atoms with Crippen molar-refractivity contribution in [3.63, 3.8) is 0 Å². The van der Waals surface area contributed by atoms with E-state index in [4.69, 9.17) is 9.47 Å². The van der Waals surface area contributed by atoms with E-state index in [0.29, 0.717) is 23.5 Å². The molecule has 4 nitrogen and oxygen atoms in total. The van der Waals surface area contributed by atoms with Crippen LogP contribution < -0.4 is 4.74 Å². The second-order valence-corrected chi connectivity index (χ2v) is 7.34. The highest BCUT2D eigenvalue weighted by atomic mass is 16.6. The van der Waals surface area contributed by atoms with Crippen LogP contribution in [-0.4, -0.2) is 24.0 Å². The van der Waals surface area contributed by atoms with Crippen molar-refractivity contribution in [3.8, 4) is 5.75 Å². The van der Waals surface area contributed by atoms with Gasteiger partial charge in [-0.2, -0.15) is 0 Å². The lowest BCUT2D eigenvalue weighted by molar-refractivity contribution is -0.139. The van der Waals surface area contributed by atoms with Gasteiger partial charge in [-0.1, -0.05) is 49.6 Å². The molecule has 0 spiro atoms. The Bertz CT molecular complexity index is 1080. The predicted octanol–water partition coefficient (Wildman–Crippen LogP) is 5.32. The van der Waals surface area contributed by atoms with Gasteiger partial charge in [0, 0.05) is 5.57 Å². The number of rotatable bonds is 8. The Balaban J connectivity index is 1.74. The summed E-state index contributed by atoms with van der Waals surface area (Å²) in [6.45, 7) is 11.0. The van der Waals surface area contributed by atoms with E-state index < -0.39 is 6.29 Å². The summed E-state index contributed by atoms with van der Waals surface area (Å²) in [5.74, 6) is 0.266. The molecule has 1 unspecified atom stereocenters. The number of hydrogen-bond acceptors (Lipinski definition) is 4. The zero-order valence-electron chi connectivity index (χ0n) is 16.9. The van der Waals surface area contributed by atoms with Gasteiger partial charge in [-0.3, -0.25) is 0 Å². The van der Waals surface area contributed by atoms with Crippen LogP contribution in [0.1, 0.15) is 25.8 Å². The van der Waals surface area contributed by atoms with E-state index in [1.54, 1.807) is 13.8 Å². The lowest BCUT2D eigenvalue weighted by atomic mass is 9.98. The van der Waals surface area contributed by atoms with E-state index >= 15 is 0 Å². The fourth-order valence-electron chi connectivity index (χ4n) is 3.12. The van der Waals surface area contributed by atoms with E-state index in [1.165, 1.54) is 5.56 Å². The molecule has 0 saturated carbocycles. The Labute approximate surface area is 171 Å². The third-order valence-corrected chi connectivity index (χ3v) is 4.73. The predicted molar refractivity (Wildman–Crippen MR) is 117 cm³/mol. The van der Waals surface area contributed by atoms with Crippen molar-refractivity contribution in [1.29, 1.82) is 0 Å². The minimum absolute atomic E-state index is 0.339. The summed E-state index contributed by atoms with van der Waals surface area (Å²) in [7, 11) is 0. The summed E-state index contributed by atoms with van der Waals surface area (Å²) in [5, 5.41) is 14.3. The molecule has 0 aliphatic heterocycles. The molecule has 0 aliphatic carbocycles. The maximum absolute atomic E-state index is 11.4. The van der Waals surface area contributed by atoms with Gasteiger partial charge < -0.3 is 14.6 Å². The van der Waals surface area contributed by atoms with Crippen molar-refractivity contribution in [2.24, 2.45) is 0 Å². The van der Waals surface area contributed by atoms with Crippen molar-refractivity contribution in [2.75, 3.05) is 6.61 Å². The zero-order chi connectivity index (χ0) is 21.0. The van der Waals surface area contributed by atoms with Gasteiger partial charge in [0.2, 0.25) is 6.29 Å². The molecule has 1 atom stereocenters.